The monoisotopic (exact) mass is 447 g/mol. The average molecular weight is 448 g/mol. The first kappa shape index (κ1) is 21.7. The Bertz CT molecular complexity index is 1290. The number of fused-ring (bicyclic) bond motifs is 1. The number of carbonyl (C=O) groups is 2. The Morgan fingerprint density at radius 1 is 1.13 bits per heavy atom. The van der Waals surface area contributed by atoms with E-state index in [1.54, 1.807) is 22.8 Å². The Morgan fingerprint density at radius 2 is 1.80 bits per heavy atom. The molecule has 0 radical (unpaired) electrons. The van der Waals surface area contributed by atoms with Crippen LogP contribution >= 0.6 is 11.3 Å². The van der Waals surface area contributed by atoms with Gasteiger partial charge in [-0.3, -0.25) is 9.59 Å². The second-order valence-electron chi connectivity index (χ2n) is 6.81. The zero-order chi connectivity index (χ0) is 22.1. The number of amides is 1. The summed E-state index contributed by atoms with van der Waals surface area (Å²) < 4.78 is 30.6. The average Bonchev–Trinajstić information content (AvgIpc) is 3.03. The van der Waals surface area contributed by atoms with Gasteiger partial charge >= 0.3 is 5.97 Å². The summed E-state index contributed by atoms with van der Waals surface area (Å²) >= 11 is 1.13. The van der Waals surface area contributed by atoms with Crippen LogP contribution in [0.25, 0.3) is 10.2 Å². The molecule has 1 amide bonds. The van der Waals surface area contributed by atoms with Gasteiger partial charge in [-0.1, -0.05) is 11.3 Å². The van der Waals surface area contributed by atoms with E-state index < -0.39 is 21.7 Å². The van der Waals surface area contributed by atoms with Crippen molar-refractivity contribution >= 4 is 49.0 Å². The molecule has 0 bridgehead atoms. The van der Waals surface area contributed by atoms with Crippen LogP contribution in [0.5, 0.6) is 0 Å². The molecule has 10 heteroatoms. The minimum Gasteiger partial charge on any atom is -0.468 e. The lowest BCUT2D eigenvalue weighted by Gasteiger charge is -2.11. The normalized spacial score (nSPS) is 12.2. The molecule has 0 aliphatic heterocycles. The van der Waals surface area contributed by atoms with Crippen LogP contribution in [0.1, 0.15) is 10.4 Å². The zero-order valence-electron chi connectivity index (χ0n) is 16.9. The van der Waals surface area contributed by atoms with Crippen molar-refractivity contribution in [1.82, 2.24) is 4.57 Å². The van der Waals surface area contributed by atoms with Crippen LogP contribution in [-0.4, -0.2) is 52.3 Å². The Hall–Kier alpha value is -2.98. The standard InChI is InChI=1S/C20H21N3O5S2/c1-22(2)14-7-5-13(6-8-14)19(25)21-20-23(12-18(24)28-3)16-10-9-15(30(4,26)27)11-17(16)29-20/h5-11H,12H2,1-4H3. The van der Waals surface area contributed by atoms with E-state index >= 15 is 0 Å². The molecule has 2 aromatic carbocycles. The van der Waals surface area contributed by atoms with E-state index in [1.807, 2.05) is 31.1 Å². The Morgan fingerprint density at radius 3 is 2.37 bits per heavy atom. The number of carbonyl (C=O) groups excluding carboxylic acids is 2. The number of sulfone groups is 1. The smallest absolute Gasteiger partial charge is 0.325 e. The predicted octanol–water partition coefficient (Wildman–Crippen LogP) is 2.09. The Kier molecular flexibility index (Phi) is 6.09. The third kappa shape index (κ3) is 4.60. The van der Waals surface area contributed by atoms with Crippen molar-refractivity contribution in [1.29, 1.82) is 0 Å². The van der Waals surface area contributed by atoms with Crippen LogP contribution in [0.15, 0.2) is 52.4 Å². The minimum atomic E-state index is -3.40. The molecule has 1 heterocycles. The number of hydrogen-bond acceptors (Lipinski definition) is 7. The fourth-order valence-electron chi connectivity index (χ4n) is 2.77. The first-order valence-electron chi connectivity index (χ1n) is 8.87. The van der Waals surface area contributed by atoms with Gasteiger partial charge in [-0.05, 0) is 42.5 Å². The van der Waals surface area contributed by atoms with E-state index in [-0.39, 0.29) is 16.2 Å². The molecule has 8 nitrogen and oxygen atoms in total. The molecular weight excluding hydrogens is 426 g/mol. The molecule has 158 valence electrons. The number of ether oxygens (including phenoxy) is 1. The second kappa shape index (κ2) is 8.41. The number of nitrogens with zero attached hydrogens (tertiary/aromatic N) is 3. The third-order valence-electron chi connectivity index (χ3n) is 4.43. The highest BCUT2D eigenvalue weighted by molar-refractivity contribution is 7.90. The van der Waals surface area contributed by atoms with E-state index in [0.29, 0.717) is 15.8 Å². The minimum absolute atomic E-state index is 0.151. The number of thiazole rings is 1. The van der Waals surface area contributed by atoms with Crippen LogP contribution in [-0.2, 0) is 25.9 Å². The van der Waals surface area contributed by atoms with Gasteiger partial charge in [0.25, 0.3) is 5.91 Å². The van der Waals surface area contributed by atoms with E-state index in [9.17, 15) is 18.0 Å². The predicted molar refractivity (Wildman–Crippen MR) is 116 cm³/mol. The maximum absolute atomic E-state index is 12.7. The first-order chi connectivity index (χ1) is 14.1. The molecule has 30 heavy (non-hydrogen) atoms. The lowest BCUT2D eigenvalue weighted by atomic mass is 10.2. The lowest BCUT2D eigenvalue weighted by molar-refractivity contribution is -0.141. The molecule has 0 aliphatic rings. The highest BCUT2D eigenvalue weighted by atomic mass is 32.2. The molecule has 0 atom stereocenters. The molecule has 3 aromatic rings. The first-order valence-corrected chi connectivity index (χ1v) is 11.6. The summed E-state index contributed by atoms with van der Waals surface area (Å²) in [7, 11) is 1.68. The largest absolute Gasteiger partial charge is 0.468 e. The van der Waals surface area contributed by atoms with Gasteiger partial charge in [0.05, 0.1) is 22.2 Å². The number of benzene rings is 2. The Labute approximate surface area is 178 Å². The van der Waals surface area contributed by atoms with Gasteiger partial charge in [0.1, 0.15) is 6.54 Å². The van der Waals surface area contributed by atoms with Gasteiger partial charge in [0.2, 0.25) is 0 Å². The summed E-state index contributed by atoms with van der Waals surface area (Å²) in [5.74, 6) is -0.972. The van der Waals surface area contributed by atoms with Crippen LogP contribution in [0.2, 0.25) is 0 Å². The van der Waals surface area contributed by atoms with Crippen molar-refractivity contribution in [3.63, 3.8) is 0 Å². The van der Waals surface area contributed by atoms with Crippen LogP contribution < -0.4 is 9.70 Å². The number of aromatic nitrogens is 1. The van der Waals surface area contributed by atoms with Gasteiger partial charge in [-0.25, -0.2) is 8.42 Å². The molecule has 0 N–H and O–H groups in total. The van der Waals surface area contributed by atoms with Crippen molar-refractivity contribution in [3.05, 3.63) is 52.8 Å². The number of rotatable bonds is 5. The van der Waals surface area contributed by atoms with Crippen LogP contribution in [0, 0.1) is 0 Å². The molecule has 0 fully saturated rings. The number of hydrogen-bond donors (Lipinski definition) is 0. The topological polar surface area (TPSA) is 98.0 Å². The van der Waals surface area contributed by atoms with Crippen LogP contribution in [0.4, 0.5) is 5.69 Å². The number of esters is 1. The van der Waals surface area contributed by atoms with E-state index in [1.165, 1.54) is 19.2 Å². The zero-order valence-corrected chi connectivity index (χ0v) is 18.6. The second-order valence-corrected chi connectivity index (χ2v) is 9.83. The number of anilines is 1. The number of methoxy groups -OCH3 is 1. The molecule has 3 rings (SSSR count). The molecule has 1 aromatic heterocycles. The maximum Gasteiger partial charge on any atom is 0.325 e. The molecule has 0 saturated heterocycles. The lowest BCUT2D eigenvalue weighted by Crippen LogP contribution is -2.22. The third-order valence-corrected chi connectivity index (χ3v) is 6.58. The summed E-state index contributed by atoms with van der Waals surface area (Å²) in [5.41, 5.74) is 1.94. The van der Waals surface area contributed by atoms with Gasteiger partial charge in [-0.2, -0.15) is 4.99 Å². The van der Waals surface area contributed by atoms with Crippen LogP contribution in [0.3, 0.4) is 0 Å². The molecular formula is C20H21N3O5S2. The van der Waals surface area contributed by atoms with Crippen molar-refractivity contribution in [2.45, 2.75) is 11.4 Å². The Balaban J connectivity index is 2.13. The molecule has 0 unspecified atom stereocenters. The summed E-state index contributed by atoms with van der Waals surface area (Å²) in [6.45, 7) is -0.152. The summed E-state index contributed by atoms with van der Waals surface area (Å²) in [4.78, 5) is 31.1. The van der Waals surface area contributed by atoms with Crippen molar-refractivity contribution in [3.8, 4) is 0 Å². The summed E-state index contributed by atoms with van der Waals surface area (Å²) in [6.07, 6.45) is 1.12. The van der Waals surface area contributed by atoms with Gasteiger partial charge in [0.15, 0.2) is 14.6 Å². The highest BCUT2D eigenvalue weighted by Gasteiger charge is 2.15. The van der Waals surface area contributed by atoms with E-state index in [2.05, 4.69) is 4.99 Å². The highest BCUT2D eigenvalue weighted by Crippen LogP contribution is 2.22. The van der Waals surface area contributed by atoms with E-state index in [0.717, 1.165) is 23.3 Å². The molecule has 0 aliphatic carbocycles. The SMILES string of the molecule is COC(=O)Cn1c(=NC(=O)c2ccc(N(C)C)cc2)sc2cc(S(C)(=O)=O)ccc21. The van der Waals surface area contributed by atoms with Gasteiger partial charge in [-0.15, -0.1) is 0 Å². The van der Waals surface area contributed by atoms with Gasteiger partial charge < -0.3 is 14.2 Å². The summed E-state index contributed by atoms with van der Waals surface area (Å²) in [6, 6.07) is 11.6. The van der Waals surface area contributed by atoms with E-state index in [4.69, 9.17) is 4.74 Å². The maximum atomic E-state index is 12.7. The fraction of sp³-hybridized carbons (Fsp3) is 0.250. The van der Waals surface area contributed by atoms with Crippen molar-refractivity contribution in [2.75, 3.05) is 32.4 Å². The van der Waals surface area contributed by atoms with Crippen molar-refractivity contribution < 1.29 is 22.7 Å². The quantitative estimate of drug-likeness (QED) is 0.556. The molecule has 0 saturated carbocycles. The van der Waals surface area contributed by atoms with Gasteiger partial charge in [0, 0.05) is 31.6 Å². The summed E-state index contributed by atoms with van der Waals surface area (Å²) in [5, 5.41) is 0. The fourth-order valence-corrected chi connectivity index (χ4v) is 4.56. The molecule has 0 spiro atoms. The van der Waals surface area contributed by atoms with Crippen molar-refractivity contribution in [2.24, 2.45) is 4.99 Å².